The number of carboxylic acids is 1. The molecule has 0 unspecified atom stereocenters. The standard InChI is InChI=1S/C13H14BrClN2O3/c14-9-1-2-10(15)11(7-9)16-13(20)17-5-3-8(4-6-17)12(18)19/h1-2,7-8H,3-6H2,(H,16,20)(H,18,19). The molecule has 2 rings (SSSR count). The van der Waals surface area contributed by atoms with Crippen LogP contribution in [0.3, 0.4) is 0 Å². The van der Waals surface area contributed by atoms with Crippen LogP contribution in [0.4, 0.5) is 10.5 Å². The fraction of sp³-hybridized carbons (Fsp3) is 0.385. The van der Waals surface area contributed by atoms with Crippen molar-refractivity contribution < 1.29 is 14.7 Å². The van der Waals surface area contributed by atoms with Crippen LogP contribution >= 0.6 is 27.5 Å². The van der Waals surface area contributed by atoms with E-state index in [2.05, 4.69) is 21.2 Å². The van der Waals surface area contributed by atoms with Crippen molar-refractivity contribution in [3.8, 4) is 0 Å². The molecule has 0 spiro atoms. The van der Waals surface area contributed by atoms with Crippen LogP contribution < -0.4 is 5.32 Å². The number of piperidine rings is 1. The van der Waals surface area contributed by atoms with Crippen molar-refractivity contribution in [1.29, 1.82) is 0 Å². The van der Waals surface area contributed by atoms with E-state index in [1.54, 1.807) is 23.1 Å². The molecule has 1 aliphatic heterocycles. The lowest BCUT2D eigenvalue weighted by atomic mass is 9.97. The Kier molecular flexibility index (Phi) is 4.88. The molecular formula is C13H14BrClN2O3. The smallest absolute Gasteiger partial charge is 0.321 e. The van der Waals surface area contributed by atoms with Gasteiger partial charge in [-0.3, -0.25) is 4.79 Å². The van der Waals surface area contributed by atoms with Crippen molar-refractivity contribution in [3.05, 3.63) is 27.7 Å². The van der Waals surface area contributed by atoms with Gasteiger partial charge in [-0.25, -0.2) is 4.79 Å². The maximum Gasteiger partial charge on any atom is 0.321 e. The van der Waals surface area contributed by atoms with Gasteiger partial charge in [0, 0.05) is 17.6 Å². The molecule has 5 nitrogen and oxygen atoms in total. The topological polar surface area (TPSA) is 69.6 Å². The van der Waals surface area contributed by atoms with E-state index in [-0.39, 0.29) is 11.9 Å². The summed E-state index contributed by atoms with van der Waals surface area (Å²) in [7, 11) is 0. The molecule has 0 saturated carbocycles. The van der Waals surface area contributed by atoms with Gasteiger partial charge in [-0.05, 0) is 31.0 Å². The number of aliphatic carboxylic acids is 1. The number of rotatable bonds is 2. The lowest BCUT2D eigenvalue weighted by Crippen LogP contribution is -2.42. The van der Waals surface area contributed by atoms with E-state index in [0.717, 1.165) is 4.47 Å². The number of hydrogen-bond donors (Lipinski definition) is 2. The Morgan fingerprint density at radius 3 is 2.60 bits per heavy atom. The Morgan fingerprint density at radius 1 is 1.35 bits per heavy atom. The largest absolute Gasteiger partial charge is 0.481 e. The van der Waals surface area contributed by atoms with E-state index in [1.807, 2.05) is 0 Å². The van der Waals surface area contributed by atoms with Gasteiger partial charge < -0.3 is 15.3 Å². The molecule has 7 heteroatoms. The lowest BCUT2D eigenvalue weighted by Gasteiger charge is -2.30. The van der Waals surface area contributed by atoms with Crippen LogP contribution in [-0.2, 0) is 4.79 Å². The molecular weight excluding hydrogens is 348 g/mol. The third-order valence-corrected chi connectivity index (χ3v) is 4.12. The highest BCUT2D eigenvalue weighted by atomic mass is 79.9. The van der Waals surface area contributed by atoms with E-state index < -0.39 is 5.97 Å². The number of carboxylic acid groups (broad SMARTS) is 1. The summed E-state index contributed by atoms with van der Waals surface area (Å²) in [4.78, 5) is 24.6. The average Bonchev–Trinajstić information content (AvgIpc) is 2.43. The molecule has 108 valence electrons. The minimum atomic E-state index is -0.792. The van der Waals surface area contributed by atoms with Crippen molar-refractivity contribution in [2.75, 3.05) is 18.4 Å². The second-order valence-electron chi connectivity index (χ2n) is 4.65. The molecule has 1 aliphatic rings. The van der Waals surface area contributed by atoms with Crippen LogP contribution in [-0.4, -0.2) is 35.1 Å². The molecule has 1 fully saturated rings. The summed E-state index contributed by atoms with van der Waals surface area (Å²) in [6.07, 6.45) is 0.962. The molecule has 0 bridgehead atoms. The van der Waals surface area contributed by atoms with Crippen LogP contribution in [0.5, 0.6) is 0 Å². The highest BCUT2D eigenvalue weighted by molar-refractivity contribution is 9.10. The average molecular weight is 362 g/mol. The number of urea groups is 1. The monoisotopic (exact) mass is 360 g/mol. The van der Waals surface area contributed by atoms with Crippen LogP contribution in [0.2, 0.25) is 5.02 Å². The number of nitrogens with one attached hydrogen (secondary N) is 1. The highest BCUT2D eigenvalue weighted by Gasteiger charge is 2.27. The van der Waals surface area contributed by atoms with E-state index >= 15 is 0 Å². The van der Waals surface area contributed by atoms with E-state index in [4.69, 9.17) is 16.7 Å². The second-order valence-corrected chi connectivity index (χ2v) is 5.98. The lowest BCUT2D eigenvalue weighted by molar-refractivity contribution is -0.143. The van der Waals surface area contributed by atoms with Gasteiger partial charge in [0.1, 0.15) is 0 Å². The van der Waals surface area contributed by atoms with E-state index in [1.165, 1.54) is 0 Å². The molecule has 0 aromatic heterocycles. The predicted molar refractivity (Wildman–Crippen MR) is 80.1 cm³/mol. The first kappa shape index (κ1) is 15.1. The van der Waals surface area contributed by atoms with Gasteiger partial charge in [-0.15, -0.1) is 0 Å². The number of benzene rings is 1. The molecule has 2 N–H and O–H groups in total. The molecule has 1 aromatic rings. The number of carbonyl (C=O) groups excluding carboxylic acids is 1. The fourth-order valence-electron chi connectivity index (χ4n) is 2.12. The Bertz CT molecular complexity index is 530. The van der Waals surface area contributed by atoms with Crippen molar-refractivity contribution in [3.63, 3.8) is 0 Å². The van der Waals surface area contributed by atoms with Gasteiger partial charge in [0.05, 0.1) is 16.6 Å². The van der Waals surface area contributed by atoms with E-state index in [0.29, 0.717) is 36.6 Å². The van der Waals surface area contributed by atoms with Gasteiger partial charge in [0.2, 0.25) is 0 Å². The zero-order chi connectivity index (χ0) is 14.7. The third-order valence-electron chi connectivity index (χ3n) is 3.30. The summed E-state index contributed by atoms with van der Waals surface area (Å²) in [5, 5.41) is 12.1. The Morgan fingerprint density at radius 2 is 2.00 bits per heavy atom. The first-order valence-electron chi connectivity index (χ1n) is 6.21. The Balaban J connectivity index is 1.96. The van der Waals surface area contributed by atoms with Gasteiger partial charge in [0.15, 0.2) is 0 Å². The number of anilines is 1. The zero-order valence-corrected chi connectivity index (χ0v) is 12.9. The predicted octanol–water partition coefficient (Wildman–Crippen LogP) is 3.43. The number of hydrogen-bond acceptors (Lipinski definition) is 2. The molecule has 2 amide bonds. The zero-order valence-electron chi connectivity index (χ0n) is 10.6. The minimum Gasteiger partial charge on any atom is -0.481 e. The van der Waals surface area contributed by atoms with Gasteiger partial charge >= 0.3 is 12.0 Å². The van der Waals surface area contributed by atoms with Gasteiger partial charge in [-0.2, -0.15) is 0 Å². The SMILES string of the molecule is O=C(O)C1CCN(C(=O)Nc2cc(Br)ccc2Cl)CC1. The number of amides is 2. The van der Waals surface area contributed by atoms with Crippen LogP contribution in [0.25, 0.3) is 0 Å². The summed E-state index contributed by atoms with van der Waals surface area (Å²) in [5.41, 5.74) is 0.534. The molecule has 1 heterocycles. The van der Waals surface area contributed by atoms with Crippen molar-refractivity contribution in [2.24, 2.45) is 5.92 Å². The van der Waals surface area contributed by atoms with Crippen LogP contribution in [0.15, 0.2) is 22.7 Å². The highest BCUT2D eigenvalue weighted by Crippen LogP contribution is 2.26. The van der Waals surface area contributed by atoms with Crippen molar-refractivity contribution >= 4 is 45.2 Å². The summed E-state index contributed by atoms with van der Waals surface area (Å²) in [5.74, 6) is -1.14. The molecule has 0 aliphatic carbocycles. The minimum absolute atomic E-state index is 0.256. The van der Waals surface area contributed by atoms with Gasteiger partial charge in [-0.1, -0.05) is 27.5 Å². The quantitative estimate of drug-likeness (QED) is 0.848. The molecule has 0 radical (unpaired) electrons. The molecule has 0 atom stereocenters. The van der Waals surface area contributed by atoms with Crippen molar-refractivity contribution in [2.45, 2.75) is 12.8 Å². The summed E-state index contributed by atoms with van der Waals surface area (Å²) >= 11 is 9.33. The Labute approximate surface area is 130 Å². The number of carbonyl (C=O) groups is 2. The number of nitrogens with zero attached hydrogens (tertiary/aromatic N) is 1. The second kappa shape index (κ2) is 6.45. The number of halogens is 2. The first-order chi connectivity index (χ1) is 9.47. The summed E-state index contributed by atoms with van der Waals surface area (Å²) in [6, 6.07) is 4.95. The number of likely N-dealkylation sites (tertiary alicyclic amines) is 1. The molecule has 1 aromatic carbocycles. The summed E-state index contributed by atoms with van der Waals surface area (Å²) < 4.78 is 0.821. The summed E-state index contributed by atoms with van der Waals surface area (Å²) in [6.45, 7) is 0.878. The van der Waals surface area contributed by atoms with E-state index in [9.17, 15) is 9.59 Å². The molecule has 20 heavy (non-hydrogen) atoms. The van der Waals surface area contributed by atoms with Gasteiger partial charge in [0.25, 0.3) is 0 Å². The maximum atomic E-state index is 12.1. The van der Waals surface area contributed by atoms with Crippen molar-refractivity contribution in [1.82, 2.24) is 4.90 Å². The molecule has 1 saturated heterocycles. The van der Waals surface area contributed by atoms with Crippen LogP contribution in [0.1, 0.15) is 12.8 Å². The maximum absolute atomic E-state index is 12.1. The first-order valence-corrected chi connectivity index (χ1v) is 7.38. The normalized spacial score (nSPS) is 16.0. The van der Waals surface area contributed by atoms with Crippen LogP contribution in [0, 0.1) is 5.92 Å². The third kappa shape index (κ3) is 3.64. The Hall–Kier alpha value is -1.27. The fourth-order valence-corrected chi connectivity index (χ4v) is 2.64.